The maximum absolute atomic E-state index is 12.5. The first-order chi connectivity index (χ1) is 11.1. The zero-order valence-corrected chi connectivity index (χ0v) is 13.6. The van der Waals surface area contributed by atoms with Gasteiger partial charge in [0.05, 0.1) is 26.5 Å². The van der Waals surface area contributed by atoms with E-state index in [4.69, 9.17) is 13.9 Å². The minimum absolute atomic E-state index is 0.208. The normalized spacial score (nSPS) is 11.6. The Morgan fingerprint density at radius 2 is 2.17 bits per heavy atom. The van der Waals surface area contributed by atoms with Gasteiger partial charge in [-0.05, 0) is 37.6 Å². The average Bonchev–Trinajstić information content (AvgIpc) is 3.08. The molecule has 0 saturated carbocycles. The van der Waals surface area contributed by atoms with E-state index in [9.17, 15) is 4.79 Å². The fraction of sp³-hybridized carbons (Fsp3) is 0.278. The second-order valence-corrected chi connectivity index (χ2v) is 5.07. The Hall–Kier alpha value is -2.69. The van der Waals surface area contributed by atoms with E-state index in [0.717, 1.165) is 5.56 Å². The van der Waals surface area contributed by atoms with Crippen LogP contribution >= 0.6 is 0 Å². The minimum atomic E-state index is -0.228. The summed E-state index contributed by atoms with van der Waals surface area (Å²) in [6.07, 6.45) is 3.91. The van der Waals surface area contributed by atoms with Gasteiger partial charge in [-0.1, -0.05) is 6.08 Å². The molecular formula is C18H21NO4. The largest absolute Gasteiger partial charge is 0.493 e. The molecule has 0 bridgehead atoms. The molecule has 23 heavy (non-hydrogen) atoms. The number of hydrogen-bond donors (Lipinski definition) is 1. The number of ether oxygens (including phenoxy) is 2. The van der Waals surface area contributed by atoms with Gasteiger partial charge in [0.25, 0.3) is 5.91 Å². The second kappa shape index (κ2) is 7.54. The molecular weight excluding hydrogens is 294 g/mol. The van der Waals surface area contributed by atoms with E-state index in [1.165, 1.54) is 0 Å². The second-order valence-electron chi connectivity index (χ2n) is 5.07. The molecule has 1 unspecified atom stereocenters. The third-order valence-electron chi connectivity index (χ3n) is 3.50. The van der Waals surface area contributed by atoms with Crippen molar-refractivity contribution in [1.29, 1.82) is 0 Å². The van der Waals surface area contributed by atoms with Crippen molar-refractivity contribution < 1.29 is 18.7 Å². The van der Waals surface area contributed by atoms with Crippen LogP contribution in [-0.2, 0) is 6.42 Å². The number of allylic oxidation sites excluding steroid dienone is 1. The number of carbonyl (C=O) groups excluding carboxylic acids is 1. The van der Waals surface area contributed by atoms with E-state index in [-0.39, 0.29) is 11.9 Å². The van der Waals surface area contributed by atoms with Gasteiger partial charge in [-0.2, -0.15) is 0 Å². The molecule has 5 nitrogen and oxygen atoms in total. The number of benzene rings is 1. The van der Waals surface area contributed by atoms with Crippen molar-refractivity contribution in [2.45, 2.75) is 19.4 Å². The van der Waals surface area contributed by atoms with Crippen molar-refractivity contribution in [3.8, 4) is 11.5 Å². The summed E-state index contributed by atoms with van der Waals surface area (Å²) in [5.74, 6) is 1.62. The standard InChI is InChI=1S/C18H21NO4/c1-5-7-13-10-14(11-16(21-3)17(13)22-4)18(20)19-12(2)15-8-6-9-23-15/h5-6,8-12H,1,7H2,2-4H3,(H,19,20). The molecule has 0 fully saturated rings. The number of hydrogen-bond acceptors (Lipinski definition) is 4. The van der Waals surface area contributed by atoms with Crippen LogP contribution in [0.15, 0.2) is 47.6 Å². The maximum atomic E-state index is 12.5. The molecule has 2 rings (SSSR count). The summed E-state index contributed by atoms with van der Waals surface area (Å²) in [7, 11) is 3.12. The third kappa shape index (κ3) is 3.74. The van der Waals surface area contributed by atoms with Crippen LogP contribution in [0, 0.1) is 0 Å². The van der Waals surface area contributed by atoms with Crippen LogP contribution in [0.4, 0.5) is 0 Å². The quantitative estimate of drug-likeness (QED) is 0.794. The molecule has 0 spiro atoms. The van der Waals surface area contributed by atoms with Crippen molar-refractivity contribution >= 4 is 5.91 Å². The summed E-state index contributed by atoms with van der Waals surface area (Å²) in [5.41, 5.74) is 1.34. The molecule has 122 valence electrons. The molecule has 1 amide bonds. The summed E-state index contributed by atoms with van der Waals surface area (Å²) in [4.78, 5) is 12.5. The van der Waals surface area contributed by atoms with Gasteiger partial charge in [0.2, 0.25) is 0 Å². The van der Waals surface area contributed by atoms with Gasteiger partial charge in [0, 0.05) is 11.1 Å². The van der Waals surface area contributed by atoms with Crippen LogP contribution in [0.2, 0.25) is 0 Å². The SMILES string of the molecule is C=CCc1cc(C(=O)NC(C)c2ccco2)cc(OC)c1OC. The highest BCUT2D eigenvalue weighted by Gasteiger charge is 2.18. The van der Waals surface area contributed by atoms with Crippen LogP contribution < -0.4 is 14.8 Å². The lowest BCUT2D eigenvalue weighted by Crippen LogP contribution is -2.26. The Morgan fingerprint density at radius 1 is 1.39 bits per heavy atom. The minimum Gasteiger partial charge on any atom is -0.493 e. The topological polar surface area (TPSA) is 60.7 Å². The van der Waals surface area contributed by atoms with E-state index in [1.54, 1.807) is 44.8 Å². The Balaban J connectivity index is 2.29. The van der Waals surface area contributed by atoms with Crippen molar-refractivity contribution in [2.24, 2.45) is 0 Å². The van der Waals surface area contributed by atoms with Gasteiger partial charge in [0.15, 0.2) is 11.5 Å². The molecule has 0 aliphatic carbocycles. The van der Waals surface area contributed by atoms with Gasteiger partial charge >= 0.3 is 0 Å². The maximum Gasteiger partial charge on any atom is 0.252 e. The number of carbonyl (C=O) groups is 1. The number of nitrogens with one attached hydrogen (secondary N) is 1. The predicted octanol–water partition coefficient (Wildman–Crippen LogP) is 3.52. The van der Waals surface area contributed by atoms with Gasteiger partial charge in [-0.3, -0.25) is 4.79 Å². The zero-order chi connectivity index (χ0) is 16.8. The average molecular weight is 315 g/mol. The first-order valence-electron chi connectivity index (χ1n) is 7.30. The van der Waals surface area contributed by atoms with E-state index in [0.29, 0.717) is 29.2 Å². The Bertz CT molecular complexity index is 677. The summed E-state index contributed by atoms with van der Waals surface area (Å²) in [6.45, 7) is 5.60. The Labute approximate surface area is 135 Å². The first-order valence-corrected chi connectivity index (χ1v) is 7.30. The fourth-order valence-corrected chi connectivity index (χ4v) is 2.37. The van der Waals surface area contributed by atoms with E-state index in [2.05, 4.69) is 11.9 Å². The molecule has 2 aromatic rings. The molecule has 1 aromatic carbocycles. The van der Waals surface area contributed by atoms with E-state index in [1.807, 2.05) is 13.0 Å². The molecule has 1 heterocycles. The number of furan rings is 1. The lowest BCUT2D eigenvalue weighted by Gasteiger charge is -2.16. The molecule has 1 atom stereocenters. The zero-order valence-electron chi connectivity index (χ0n) is 13.6. The van der Waals surface area contributed by atoms with E-state index >= 15 is 0 Å². The summed E-state index contributed by atoms with van der Waals surface area (Å²) in [5, 5.41) is 2.90. The number of amides is 1. The lowest BCUT2D eigenvalue weighted by molar-refractivity contribution is 0.0935. The molecule has 0 radical (unpaired) electrons. The molecule has 0 aliphatic heterocycles. The number of methoxy groups -OCH3 is 2. The lowest BCUT2D eigenvalue weighted by atomic mass is 10.0. The Morgan fingerprint density at radius 3 is 2.74 bits per heavy atom. The highest BCUT2D eigenvalue weighted by molar-refractivity contribution is 5.95. The van der Waals surface area contributed by atoms with Crippen LogP contribution in [-0.4, -0.2) is 20.1 Å². The van der Waals surface area contributed by atoms with Crippen LogP contribution in [0.1, 0.15) is 34.6 Å². The molecule has 1 aromatic heterocycles. The van der Waals surface area contributed by atoms with Gasteiger partial charge < -0.3 is 19.2 Å². The summed E-state index contributed by atoms with van der Waals surface area (Å²) >= 11 is 0. The smallest absolute Gasteiger partial charge is 0.252 e. The van der Waals surface area contributed by atoms with Crippen molar-refractivity contribution in [3.05, 3.63) is 60.1 Å². The predicted molar refractivity (Wildman–Crippen MR) is 88.0 cm³/mol. The molecule has 1 N–H and O–H groups in total. The fourth-order valence-electron chi connectivity index (χ4n) is 2.37. The van der Waals surface area contributed by atoms with Gasteiger partial charge in [-0.25, -0.2) is 0 Å². The van der Waals surface area contributed by atoms with Crippen LogP contribution in [0.3, 0.4) is 0 Å². The molecule has 0 saturated heterocycles. The van der Waals surface area contributed by atoms with Gasteiger partial charge in [0.1, 0.15) is 5.76 Å². The van der Waals surface area contributed by atoms with Crippen molar-refractivity contribution in [2.75, 3.05) is 14.2 Å². The van der Waals surface area contributed by atoms with Crippen LogP contribution in [0.5, 0.6) is 11.5 Å². The third-order valence-corrected chi connectivity index (χ3v) is 3.50. The summed E-state index contributed by atoms with van der Waals surface area (Å²) in [6, 6.07) is 6.83. The molecule has 5 heteroatoms. The van der Waals surface area contributed by atoms with Crippen molar-refractivity contribution in [1.82, 2.24) is 5.32 Å². The number of rotatable bonds is 7. The Kier molecular flexibility index (Phi) is 5.46. The first kappa shape index (κ1) is 16.7. The van der Waals surface area contributed by atoms with E-state index < -0.39 is 0 Å². The van der Waals surface area contributed by atoms with Gasteiger partial charge in [-0.15, -0.1) is 6.58 Å². The highest BCUT2D eigenvalue weighted by atomic mass is 16.5. The summed E-state index contributed by atoms with van der Waals surface area (Å²) < 4.78 is 16.0. The molecule has 0 aliphatic rings. The van der Waals surface area contributed by atoms with Crippen molar-refractivity contribution in [3.63, 3.8) is 0 Å². The van der Waals surface area contributed by atoms with Crippen LogP contribution in [0.25, 0.3) is 0 Å². The monoisotopic (exact) mass is 315 g/mol. The highest BCUT2D eigenvalue weighted by Crippen LogP contribution is 2.33.